The Balaban J connectivity index is 1.80. The van der Waals surface area contributed by atoms with Crippen molar-refractivity contribution in [3.05, 3.63) is 48.2 Å². The van der Waals surface area contributed by atoms with Crippen LogP contribution in [0.4, 0.5) is 11.5 Å². The number of carbonyl (C=O) groups excluding carboxylic acids is 1. The summed E-state index contributed by atoms with van der Waals surface area (Å²) in [7, 11) is -3.55. The zero-order chi connectivity index (χ0) is 18.7. The maximum atomic E-state index is 12.6. The second kappa shape index (κ2) is 7.45. The number of pyridine rings is 1. The van der Waals surface area contributed by atoms with Gasteiger partial charge in [-0.05, 0) is 51.0 Å². The molecule has 1 aliphatic rings. The Kier molecular flexibility index (Phi) is 5.27. The fraction of sp³-hybridized carbons (Fsp3) is 0.368. The van der Waals surface area contributed by atoms with Gasteiger partial charge in [0.15, 0.2) is 9.84 Å². The molecule has 0 aliphatic carbocycles. The van der Waals surface area contributed by atoms with E-state index in [1.807, 2.05) is 6.07 Å². The minimum atomic E-state index is -3.55. The molecule has 0 spiro atoms. The van der Waals surface area contributed by atoms with Crippen LogP contribution in [-0.2, 0) is 9.84 Å². The van der Waals surface area contributed by atoms with E-state index in [9.17, 15) is 13.2 Å². The second-order valence-electron chi connectivity index (χ2n) is 6.64. The van der Waals surface area contributed by atoms with Gasteiger partial charge in [0.2, 0.25) is 0 Å². The first-order chi connectivity index (χ1) is 12.4. The van der Waals surface area contributed by atoms with Crippen molar-refractivity contribution in [3.8, 4) is 0 Å². The van der Waals surface area contributed by atoms with Gasteiger partial charge in [-0.3, -0.25) is 4.79 Å². The molecule has 0 radical (unpaired) electrons. The lowest BCUT2D eigenvalue weighted by Crippen LogP contribution is -2.21. The third-order valence-electron chi connectivity index (χ3n) is 4.49. The SMILES string of the molecule is CC(C)S(=O)(=O)c1ccccc1C(=O)Nc1ccc(N2CCCC2)nc1. The number of amides is 1. The first kappa shape index (κ1) is 18.4. The molecule has 1 aromatic carbocycles. The highest BCUT2D eigenvalue weighted by molar-refractivity contribution is 7.92. The highest BCUT2D eigenvalue weighted by atomic mass is 32.2. The molecule has 0 bridgehead atoms. The smallest absolute Gasteiger partial charge is 0.257 e. The highest BCUT2D eigenvalue weighted by Gasteiger charge is 2.25. The lowest BCUT2D eigenvalue weighted by Gasteiger charge is -2.16. The number of carbonyl (C=O) groups is 1. The second-order valence-corrected chi connectivity index (χ2v) is 9.12. The predicted octanol–water partition coefficient (Wildman–Crippen LogP) is 3.12. The number of benzene rings is 1. The van der Waals surface area contributed by atoms with Crippen molar-refractivity contribution in [2.24, 2.45) is 0 Å². The molecular weight excluding hydrogens is 350 g/mol. The number of aromatic nitrogens is 1. The minimum absolute atomic E-state index is 0.0501. The first-order valence-electron chi connectivity index (χ1n) is 8.75. The Bertz CT molecular complexity index is 887. The van der Waals surface area contributed by atoms with Gasteiger partial charge in [-0.2, -0.15) is 0 Å². The van der Waals surface area contributed by atoms with Crippen LogP contribution in [0, 0.1) is 0 Å². The highest BCUT2D eigenvalue weighted by Crippen LogP contribution is 2.23. The average molecular weight is 373 g/mol. The van der Waals surface area contributed by atoms with E-state index in [1.54, 1.807) is 38.2 Å². The van der Waals surface area contributed by atoms with Gasteiger partial charge in [-0.15, -0.1) is 0 Å². The van der Waals surface area contributed by atoms with Crippen LogP contribution >= 0.6 is 0 Å². The van der Waals surface area contributed by atoms with Crippen molar-refractivity contribution in [1.29, 1.82) is 0 Å². The fourth-order valence-electron chi connectivity index (χ4n) is 2.95. The Labute approximate surface area is 154 Å². The third kappa shape index (κ3) is 3.72. The van der Waals surface area contributed by atoms with Crippen LogP contribution in [-0.4, -0.2) is 37.6 Å². The number of nitrogens with zero attached hydrogens (tertiary/aromatic N) is 2. The van der Waals surface area contributed by atoms with Crippen LogP contribution in [0.3, 0.4) is 0 Å². The van der Waals surface area contributed by atoms with Crippen LogP contribution in [0.1, 0.15) is 37.0 Å². The molecule has 26 heavy (non-hydrogen) atoms. The molecule has 0 saturated carbocycles. The summed E-state index contributed by atoms with van der Waals surface area (Å²) in [6, 6.07) is 9.94. The van der Waals surface area contributed by atoms with Gasteiger partial charge in [0, 0.05) is 13.1 Å². The average Bonchev–Trinajstić information content (AvgIpc) is 3.17. The molecule has 0 atom stereocenters. The van der Waals surface area contributed by atoms with E-state index in [4.69, 9.17) is 0 Å². The molecule has 1 fully saturated rings. The zero-order valence-corrected chi connectivity index (χ0v) is 15.8. The standard InChI is InChI=1S/C19H23N3O3S/c1-14(2)26(24,25)17-8-4-3-7-16(17)19(23)21-15-9-10-18(20-13-15)22-11-5-6-12-22/h3-4,7-10,13-14H,5-6,11-12H2,1-2H3,(H,21,23). The van der Waals surface area contributed by atoms with Crippen molar-refractivity contribution in [1.82, 2.24) is 4.98 Å². The summed E-state index contributed by atoms with van der Waals surface area (Å²) in [6.45, 7) is 5.20. The van der Waals surface area contributed by atoms with E-state index < -0.39 is 21.0 Å². The molecule has 1 amide bonds. The largest absolute Gasteiger partial charge is 0.357 e. The van der Waals surface area contributed by atoms with E-state index in [-0.39, 0.29) is 10.5 Å². The Morgan fingerprint density at radius 3 is 2.42 bits per heavy atom. The van der Waals surface area contributed by atoms with Crippen LogP contribution in [0.2, 0.25) is 0 Å². The summed E-state index contributed by atoms with van der Waals surface area (Å²) in [4.78, 5) is 19.3. The molecule has 6 nitrogen and oxygen atoms in total. The Morgan fingerprint density at radius 1 is 1.12 bits per heavy atom. The Morgan fingerprint density at radius 2 is 1.81 bits per heavy atom. The maximum absolute atomic E-state index is 12.6. The summed E-state index contributed by atoms with van der Waals surface area (Å²) in [6.07, 6.45) is 3.94. The summed E-state index contributed by atoms with van der Waals surface area (Å²) in [5.74, 6) is 0.434. The van der Waals surface area contributed by atoms with Crippen LogP contribution in [0.5, 0.6) is 0 Å². The fourth-order valence-corrected chi connectivity index (χ4v) is 4.19. The summed E-state index contributed by atoms with van der Waals surface area (Å²) in [5, 5.41) is 2.14. The topological polar surface area (TPSA) is 79.4 Å². The third-order valence-corrected chi connectivity index (χ3v) is 6.70. The molecule has 1 aliphatic heterocycles. The molecule has 3 rings (SSSR count). The van der Waals surface area contributed by atoms with Gasteiger partial charge in [0.05, 0.1) is 27.6 Å². The first-order valence-corrected chi connectivity index (χ1v) is 10.3. The normalized spacial score (nSPS) is 14.7. The molecular formula is C19H23N3O3S. The van der Waals surface area contributed by atoms with E-state index >= 15 is 0 Å². The minimum Gasteiger partial charge on any atom is -0.357 e. The van der Waals surface area contributed by atoms with Crippen LogP contribution < -0.4 is 10.2 Å². The summed E-state index contributed by atoms with van der Waals surface area (Å²) < 4.78 is 25.0. The van der Waals surface area contributed by atoms with Crippen molar-refractivity contribution in [3.63, 3.8) is 0 Å². The molecule has 138 valence electrons. The molecule has 1 saturated heterocycles. The van der Waals surface area contributed by atoms with Crippen molar-refractivity contribution >= 4 is 27.2 Å². The Hall–Kier alpha value is -2.41. The number of hydrogen-bond donors (Lipinski definition) is 1. The van der Waals surface area contributed by atoms with Gasteiger partial charge in [-0.1, -0.05) is 12.1 Å². The summed E-state index contributed by atoms with van der Waals surface area (Å²) >= 11 is 0. The molecule has 1 aromatic heterocycles. The van der Waals surface area contributed by atoms with Gasteiger partial charge in [0.1, 0.15) is 5.82 Å². The van der Waals surface area contributed by atoms with Gasteiger partial charge in [0.25, 0.3) is 5.91 Å². The lowest BCUT2D eigenvalue weighted by atomic mass is 10.2. The van der Waals surface area contributed by atoms with Gasteiger partial charge in [-0.25, -0.2) is 13.4 Å². The van der Waals surface area contributed by atoms with Crippen LogP contribution in [0.25, 0.3) is 0 Å². The number of sulfone groups is 1. The van der Waals surface area contributed by atoms with E-state index in [1.165, 1.54) is 25.0 Å². The number of hydrogen-bond acceptors (Lipinski definition) is 5. The quantitative estimate of drug-likeness (QED) is 0.871. The molecule has 2 heterocycles. The molecule has 0 unspecified atom stereocenters. The molecule has 1 N–H and O–H groups in total. The summed E-state index contributed by atoms with van der Waals surface area (Å²) in [5.41, 5.74) is 0.680. The van der Waals surface area contributed by atoms with E-state index in [0.29, 0.717) is 5.69 Å². The maximum Gasteiger partial charge on any atom is 0.257 e. The van der Waals surface area contributed by atoms with Crippen molar-refractivity contribution in [2.45, 2.75) is 36.8 Å². The molecule has 2 aromatic rings. The number of rotatable bonds is 5. The molecule has 7 heteroatoms. The number of nitrogens with one attached hydrogen (secondary N) is 1. The van der Waals surface area contributed by atoms with E-state index in [2.05, 4.69) is 15.2 Å². The zero-order valence-electron chi connectivity index (χ0n) is 15.0. The monoisotopic (exact) mass is 373 g/mol. The predicted molar refractivity (Wildman–Crippen MR) is 102 cm³/mol. The van der Waals surface area contributed by atoms with Crippen molar-refractivity contribution < 1.29 is 13.2 Å². The van der Waals surface area contributed by atoms with Crippen LogP contribution in [0.15, 0.2) is 47.5 Å². The van der Waals surface area contributed by atoms with Gasteiger partial charge >= 0.3 is 0 Å². The van der Waals surface area contributed by atoms with E-state index in [0.717, 1.165) is 18.9 Å². The van der Waals surface area contributed by atoms with Gasteiger partial charge < -0.3 is 10.2 Å². The number of anilines is 2. The van der Waals surface area contributed by atoms with Crippen molar-refractivity contribution in [2.75, 3.05) is 23.3 Å². The lowest BCUT2D eigenvalue weighted by molar-refractivity contribution is 0.102.